The number of nitrogens with zero attached hydrogens (tertiary/aromatic N) is 3. The first-order valence-electron chi connectivity index (χ1n) is 3.75. The Morgan fingerprint density at radius 1 is 1.54 bits per heavy atom. The molecule has 0 fully saturated rings. The quantitative estimate of drug-likeness (QED) is 0.703. The summed E-state index contributed by atoms with van der Waals surface area (Å²) in [5.74, 6) is 0. The third-order valence-corrected chi connectivity index (χ3v) is 2.51. The molecular weight excluding hydrogens is 230 g/mol. The van der Waals surface area contributed by atoms with E-state index in [1.807, 2.05) is 19.2 Å². The summed E-state index contributed by atoms with van der Waals surface area (Å²) in [7, 11) is 1.86. The zero-order valence-corrected chi connectivity index (χ0v) is 8.54. The predicted molar refractivity (Wildman–Crippen MR) is 53.1 cm³/mol. The monoisotopic (exact) mass is 235 g/mol. The fraction of sp³-hybridized carbons (Fsp3) is 0.111. The number of hydrogen-bond acceptors (Lipinski definition) is 2. The van der Waals surface area contributed by atoms with Crippen LogP contribution in [0.15, 0.2) is 22.8 Å². The fourth-order valence-electron chi connectivity index (χ4n) is 1.36. The molecule has 13 heavy (non-hydrogen) atoms. The Bertz CT molecular complexity index is 507. The van der Waals surface area contributed by atoms with Gasteiger partial charge in [0.15, 0.2) is 0 Å². The van der Waals surface area contributed by atoms with Crippen molar-refractivity contribution in [2.75, 3.05) is 0 Å². The Hall–Kier alpha value is -1.34. The minimum atomic E-state index is 0.650. The zero-order valence-electron chi connectivity index (χ0n) is 6.95. The van der Waals surface area contributed by atoms with Gasteiger partial charge >= 0.3 is 0 Å². The molecule has 0 radical (unpaired) electrons. The van der Waals surface area contributed by atoms with E-state index in [2.05, 4.69) is 27.1 Å². The molecule has 0 amide bonds. The van der Waals surface area contributed by atoms with Gasteiger partial charge in [-0.2, -0.15) is 10.4 Å². The van der Waals surface area contributed by atoms with Gasteiger partial charge in [-0.1, -0.05) is 6.07 Å². The molecule has 0 aliphatic heterocycles. The van der Waals surface area contributed by atoms with Gasteiger partial charge in [-0.25, -0.2) is 0 Å². The van der Waals surface area contributed by atoms with E-state index in [-0.39, 0.29) is 0 Å². The van der Waals surface area contributed by atoms with Gasteiger partial charge in [0, 0.05) is 7.05 Å². The lowest BCUT2D eigenvalue weighted by atomic mass is 10.1. The standard InChI is InChI=1S/C9H6BrN3/c1-13-7-4-2-3-6(5-11)8(7)9(10)12-13/h2-4H,1H3. The molecule has 0 spiro atoms. The number of hydrogen-bond donors (Lipinski definition) is 0. The van der Waals surface area contributed by atoms with E-state index in [1.165, 1.54) is 0 Å². The van der Waals surface area contributed by atoms with Crippen molar-refractivity contribution in [1.82, 2.24) is 9.78 Å². The molecule has 3 nitrogen and oxygen atoms in total. The molecule has 0 saturated heterocycles. The second-order valence-electron chi connectivity index (χ2n) is 2.73. The highest BCUT2D eigenvalue weighted by molar-refractivity contribution is 9.10. The van der Waals surface area contributed by atoms with Crippen molar-refractivity contribution >= 4 is 26.8 Å². The first kappa shape index (κ1) is 8.27. The van der Waals surface area contributed by atoms with Crippen molar-refractivity contribution < 1.29 is 0 Å². The summed E-state index contributed by atoms with van der Waals surface area (Å²) >= 11 is 3.33. The normalized spacial score (nSPS) is 10.2. The van der Waals surface area contributed by atoms with Crippen molar-refractivity contribution in [3.05, 3.63) is 28.4 Å². The highest BCUT2D eigenvalue weighted by atomic mass is 79.9. The minimum absolute atomic E-state index is 0.650. The summed E-state index contributed by atoms with van der Waals surface area (Å²) in [6.45, 7) is 0. The maximum Gasteiger partial charge on any atom is 0.137 e. The van der Waals surface area contributed by atoms with Crippen LogP contribution in [0.1, 0.15) is 5.56 Å². The van der Waals surface area contributed by atoms with Gasteiger partial charge in [-0.05, 0) is 28.1 Å². The maximum absolute atomic E-state index is 8.86. The van der Waals surface area contributed by atoms with Crippen LogP contribution in [0.2, 0.25) is 0 Å². The molecule has 0 N–H and O–H groups in total. The van der Waals surface area contributed by atoms with E-state index >= 15 is 0 Å². The SMILES string of the molecule is Cn1nc(Br)c2c(C#N)cccc21. The van der Waals surface area contributed by atoms with Gasteiger partial charge in [0.05, 0.1) is 22.5 Å². The summed E-state index contributed by atoms with van der Waals surface area (Å²) in [6.07, 6.45) is 0. The summed E-state index contributed by atoms with van der Waals surface area (Å²) in [4.78, 5) is 0. The van der Waals surface area contributed by atoms with Gasteiger partial charge in [0.2, 0.25) is 0 Å². The Morgan fingerprint density at radius 2 is 2.31 bits per heavy atom. The summed E-state index contributed by atoms with van der Waals surface area (Å²) in [5.41, 5.74) is 1.61. The number of halogens is 1. The number of fused-ring (bicyclic) bond motifs is 1. The maximum atomic E-state index is 8.86. The Balaban J connectivity index is 2.99. The average Bonchev–Trinajstić information content (AvgIpc) is 2.43. The van der Waals surface area contributed by atoms with E-state index in [1.54, 1.807) is 10.7 Å². The summed E-state index contributed by atoms with van der Waals surface area (Å²) in [5, 5.41) is 13.9. The Morgan fingerprint density at radius 3 is 3.00 bits per heavy atom. The van der Waals surface area contributed by atoms with Gasteiger partial charge in [0.1, 0.15) is 4.60 Å². The topological polar surface area (TPSA) is 41.6 Å². The lowest BCUT2D eigenvalue weighted by Crippen LogP contribution is -1.88. The molecule has 1 aromatic carbocycles. The molecule has 4 heteroatoms. The molecular formula is C9H6BrN3. The number of nitriles is 1. The van der Waals surface area contributed by atoms with E-state index < -0.39 is 0 Å². The third kappa shape index (κ3) is 1.12. The van der Waals surface area contributed by atoms with Crippen molar-refractivity contribution in [2.24, 2.45) is 7.05 Å². The smallest absolute Gasteiger partial charge is 0.137 e. The molecule has 2 aromatic rings. The molecule has 0 bridgehead atoms. The second-order valence-corrected chi connectivity index (χ2v) is 3.48. The van der Waals surface area contributed by atoms with E-state index in [9.17, 15) is 0 Å². The van der Waals surface area contributed by atoms with Crippen LogP contribution in [0.4, 0.5) is 0 Å². The number of aryl methyl sites for hydroxylation is 1. The number of benzene rings is 1. The van der Waals surface area contributed by atoms with Crippen LogP contribution >= 0.6 is 15.9 Å². The van der Waals surface area contributed by atoms with E-state index in [0.717, 1.165) is 15.5 Å². The highest BCUT2D eigenvalue weighted by Crippen LogP contribution is 2.25. The van der Waals surface area contributed by atoms with Crippen LogP contribution in [0.25, 0.3) is 10.9 Å². The van der Waals surface area contributed by atoms with Crippen LogP contribution in [0.5, 0.6) is 0 Å². The minimum Gasteiger partial charge on any atom is -0.267 e. The van der Waals surface area contributed by atoms with Crippen LogP contribution < -0.4 is 0 Å². The molecule has 64 valence electrons. The first-order chi connectivity index (χ1) is 6.24. The van der Waals surface area contributed by atoms with E-state index in [4.69, 9.17) is 5.26 Å². The molecule has 2 rings (SSSR count). The molecule has 1 heterocycles. The molecule has 0 atom stereocenters. The average molecular weight is 236 g/mol. The van der Waals surface area contributed by atoms with Crippen molar-refractivity contribution in [3.63, 3.8) is 0 Å². The summed E-state index contributed by atoms with van der Waals surface area (Å²) < 4.78 is 2.47. The molecule has 0 saturated carbocycles. The largest absolute Gasteiger partial charge is 0.267 e. The van der Waals surface area contributed by atoms with Crippen molar-refractivity contribution in [1.29, 1.82) is 5.26 Å². The van der Waals surface area contributed by atoms with Crippen LogP contribution in [-0.2, 0) is 7.05 Å². The van der Waals surface area contributed by atoms with Gasteiger partial charge in [-0.15, -0.1) is 0 Å². The number of aromatic nitrogens is 2. The van der Waals surface area contributed by atoms with Gasteiger partial charge < -0.3 is 0 Å². The molecule has 0 aliphatic carbocycles. The van der Waals surface area contributed by atoms with Gasteiger partial charge in [-0.3, -0.25) is 4.68 Å². The lowest BCUT2D eigenvalue weighted by Gasteiger charge is -1.93. The number of rotatable bonds is 0. The fourth-order valence-corrected chi connectivity index (χ4v) is 2.01. The highest BCUT2D eigenvalue weighted by Gasteiger charge is 2.09. The van der Waals surface area contributed by atoms with Crippen LogP contribution in [0, 0.1) is 11.3 Å². The molecule has 0 aliphatic rings. The van der Waals surface area contributed by atoms with Crippen LogP contribution in [0.3, 0.4) is 0 Å². The van der Waals surface area contributed by atoms with Crippen molar-refractivity contribution in [3.8, 4) is 6.07 Å². The predicted octanol–water partition coefficient (Wildman–Crippen LogP) is 2.21. The first-order valence-corrected chi connectivity index (χ1v) is 4.54. The zero-order chi connectivity index (χ0) is 9.42. The van der Waals surface area contributed by atoms with E-state index in [0.29, 0.717) is 5.56 Å². The summed E-state index contributed by atoms with van der Waals surface area (Å²) in [6, 6.07) is 7.72. The Labute approximate surface area is 83.7 Å². The van der Waals surface area contributed by atoms with Crippen molar-refractivity contribution in [2.45, 2.75) is 0 Å². The molecule has 1 aromatic heterocycles. The second kappa shape index (κ2) is 2.86. The Kier molecular flexibility index (Phi) is 1.82. The van der Waals surface area contributed by atoms with Gasteiger partial charge in [0.25, 0.3) is 0 Å². The van der Waals surface area contributed by atoms with Crippen LogP contribution in [-0.4, -0.2) is 9.78 Å². The third-order valence-electron chi connectivity index (χ3n) is 1.96. The molecule has 0 unspecified atom stereocenters. The lowest BCUT2D eigenvalue weighted by molar-refractivity contribution is 0.788.